The van der Waals surface area contributed by atoms with Crippen molar-refractivity contribution in [3.63, 3.8) is 0 Å². The minimum Gasteiger partial charge on any atom is -0.393 e. The summed E-state index contributed by atoms with van der Waals surface area (Å²) < 4.78 is 0. The van der Waals surface area contributed by atoms with E-state index >= 15 is 0 Å². The van der Waals surface area contributed by atoms with Crippen molar-refractivity contribution >= 4 is 29.0 Å². The molecule has 2 amide bonds. The van der Waals surface area contributed by atoms with E-state index < -0.39 is 12.0 Å². The number of nitrogens with one attached hydrogen (secondary N) is 1. The molecule has 3 N–H and O–H groups in total. The van der Waals surface area contributed by atoms with Crippen molar-refractivity contribution in [2.24, 2.45) is 11.7 Å². The van der Waals surface area contributed by atoms with Gasteiger partial charge in [0, 0.05) is 13.1 Å². The van der Waals surface area contributed by atoms with Gasteiger partial charge in [0.1, 0.15) is 6.04 Å². The highest BCUT2D eigenvalue weighted by Crippen LogP contribution is 2.08. The minimum absolute atomic E-state index is 0.0865. The van der Waals surface area contributed by atoms with Gasteiger partial charge in [-0.1, -0.05) is 25.6 Å². The summed E-state index contributed by atoms with van der Waals surface area (Å²) >= 11 is 4.90. The summed E-state index contributed by atoms with van der Waals surface area (Å²) in [6, 6.07) is -0.555. The summed E-state index contributed by atoms with van der Waals surface area (Å²) in [5.41, 5.74) is 5.56. The van der Waals surface area contributed by atoms with Crippen LogP contribution in [0.5, 0.6) is 0 Å². The second-order valence-electron chi connectivity index (χ2n) is 4.48. The summed E-state index contributed by atoms with van der Waals surface area (Å²) in [6.07, 6.45) is 1.42. The number of amides is 2. The summed E-state index contributed by atoms with van der Waals surface area (Å²) in [6.45, 7) is 8.71. The Morgan fingerprint density at radius 2 is 1.79 bits per heavy atom. The summed E-state index contributed by atoms with van der Waals surface area (Å²) in [5, 5.41) is 2.70. The van der Waals surface area contributed by atoms with Gasteiger partial charge in [0.05, 0.1) is 10.9 Å². The zero-order chi connectivity index (χ0) is 15.0. The molecule has 0 radical (unpaired) electrons. The molecule has 2 atom stereocenters. The quantitative estimate of drug-likeness (QED) is 0.655. The van der Waals surface area contributed by atoms with E-state index in [1.807, 2.05) is 20.8 Å². The summed E-state index contributed by atoms with van der Waals surface area (Å²) in [7, 11) is 0. The van der Waals surface area contributed by atoms with Crippen LogP contribution in [0.25, 0.3) is 0 Å². The number of hydrogen-bond donors (Lipinski definition) is 2. The number of carbonyl (C=O) groups is 2. The predicted molar refractivity (Wildman–Crippen MR) is 80.7 cm³/mol. The molecule has 0 rings (SSSR count). The fraction of sp³-hybridized carbons (Fsp3) is 0.769. The Hall–Kier alpha value is -1.17. The lowest BCUT2D eigenvalue weighted by Crippen LogP contribution is -2.49. The molecule has 0 aromatic carbocycles. The second-order valence-corrected chi connectivity index (χ2v) is 4.96. The van der Waals surface area contributed by atoms with Gasteiger partial charge in [0.15, 0.2) is 0 Å². The molecule has 0 aliphatic carbocycles. The first-order valence-electron chi connectivity index (χ1n) is 6.77. The standard InChI is InChI=1S/C13H25N3O2S/c1-5-8-10(11(14)19)12(17)15-9(4)13(18)16(6-2)7-3/h9-10H,5-8H2,1-4H3,(H2,14,19)(H,15,17). The lowest BCUT2D eigenvalue weighted by molar-refractivity contribution is -0.136. The van der Waals surface area contributed by atoms with Crippen LogP contribution in [0.4, 0.5) is 0 Å². The van der Waals surface area contributed by atoms with E-state index in [2.05, 4.69) is 5.32 Å². The molecule has 0 spiro atoms. The zero-order valence-electron chi connectivity index (χ0n) is 12.2. The van der Waals surface area contributed by atoms with Crippen molar-refractivity contribution in [3.05, 3.63) is 0 Å². The van der Waals surface area contributed by atoms with Crippen molar-refractivity contribution in [3.8, 4) is 0 Å². The van der Waals surface area contributed by atoms with Crippen molar-refractivity contribution in [2.45, 2.75) is 46.6 Å². The third-order valence-corrected chi connectivity index (χ3v) is 3.33. The third-order valence-electron chi connectivity index (χ3n) is 3.04. The highest BCUT2D eigenvalue weighted by atomic mass is 32.1. The third kappa shape index (κ3) is 5.55. The Bertz CT molecular complexity index is 330. The van der Waals surface area contributed by atoms with Crippen LogP contribution in [0, 0.1) is 5.92 Å². The Kier molecular flexibility index (Phi) is 8.30. The van der Waals surface area contributed by atoms with Gasteiger partial charge in [-0.3, -0.25) is 9.59 Å². The first kappa shape index (κ1) is 17.8. The van der Waals surface area contributed by atoms with E-state index in [0.717, 1.165) is 6.42 Å². The van der Waals surface area contributed by atoms with Gasteiger partial charge >= 0.3 is 0 Å². The van der Waals surface area contributed by atoms with Crippen molar-refractivity contribution in [1.29, 1.82) is 0 Å². The van der Waals surface area contributed by atoms with Crippen LogP contribution in [0.3, 0.4) is 0 Å². The van der Waals surface area contributed by atoms with E-state index in [0.29, 0.717) is 19.5 Å². The maximum Gasteiger partial charge on any atom is 0.244 e. The number of likely N-dealkylation sites (N-methyl/N-ethyl adjacent to an activating group) is 1. The van der Waals surface area contributed by atoms with E-state index in [-0.39, 0.29) is 16.8 Å². The molecule has 2 unspecified atom stereocenters. The molecular weight excluding hydrogens is 262 g/mol. The number of thiocarbonyl (C=S) groups is 1. The molecule has 0 aliphatic heterocycles. The molecule has 6 heteroatoms. The van der Waals surface area contributed by atoms with Gasteiger partial charge in [-0.05, 0) is 27.2 Å². The molecule has 0 aromatic rings. The van der Waals surface area contributed by atoms with Gasteiger partial charge in [0.2, 0.25) is 11.8 Å². The fourth-order valence-electron chi connectivity index (χ4n) is 1.88. The average molecular weight is 287 g/mol. The molecule has 19 heavy (non-hydrogen) atoms. The Morgan fingerprint density at radius 1 is 1.26 bits per heavy atom. The van der Waals surface area contributed by atoms with Gasteiger partial charge in [-0.15, -0.1) is 0 Å². The molecule has 0 fully saturated rings. The second kappa shape index (κ2) is 8.85. The molecular formula is C13H25N3O2S. The molecule has 0 saturated carbocycles. The van der Waals surface area contributed by atoms with Gasteiger partial charge < -0.3 is 16.0 Å². The normalized spacial score (nSPS) is 13.5. The van der Waals surface area contributed by atoms with Crippen LogP contribution in [-0.2, 0) is 9.59 Å². The molecule has 5 nitrogen and oxygen atoms in total. The Morgan fingerprint density at radius 3 is 2.16 bits per heavy atom. The maximum absolute atomic E-state index is 12.0. The number of nitrogens with zero attached hydrogens (tertiary/aromatic N) is 1. The van der Waals surface area contributed by atoms with Crippen LogP contribution in [-0.4, -0.2) is 40.8 Å². The smallest absolute Gasteiger partial charge is 0.244 e. The van der Waals surface area contributed by atoms with Crippen molar-refractivity contribution in [2.75, 3.05) is 13.1 Å². The monoisotopic (exact) mass is 287 g/mol. The van der Waals surface area contributed by atoms with E-state index in [4.69, 9.17) is 18.0 Å². The highest BCUT2D eigenvalue weighted by molar-refractivity contribution is 7.80. The summed E-state index contributed by atoms with van der Waals surface area (Å²) in [5.74, 6) is -0.842. The molecule has 0 saturated heterocycles. The number of rotatable bonds is 8. The Labute approximate surface area is 120 Å². The van der Waals surface area contributed by atoms with Gasteiger partial charge in [-0.25, -0.2) is 0 Å². The number of carbonyl (C=O) groups excluding carboxylic acids is 2. The largest absolute Gasteiger partial charge is 0.393 e. The lowest BCUT2D eigenvalue weighted by atomic mass is 10.0. The highest BCUT2D eigenvalue weighted by Gasteiger charge is 2.25. The SMILES string of the molecule is CCCC(C(=O)NC(C)C(=O)N(CC)CC)C(N)=S. The minimum atomic E-state index is -0.555. The van der Waals surface area contributed by atoms with Crippen molar-refractivity contribution < 1.29 is 9.59 Å². The van der Waals surface area contributed by atoms with Crippen LogP contribution < -0.4 is 11.1 Å². The zero-order valence-corrected chi connectivity index (χ0v) is 13.0. The molecule has 110 valence electrons. The van der Waals surface area contributed by atoms with Crippen LogP contribution >= 0.6 is 12.2 Å². The maximum atomic E-state index is 12.0. The molecule has 0 aliphatic rings. The van der Waals surface area contributed by atoms with Gasteiger partial charge in [0.25, 0.3) is 0 Å². The topological polar surface area (TPSA) is 75.4 Å². The van der Waals surface area contributed by atoms with Crippen LogP contribution in [0.2, 0.25) is 0 Å². The molecule has 0 heterocycles. The Balaban J connectivity index is 4.61. The van der Waals surface area contributed by atoms with E-state index in [1.54, 1.807) is 11.8 Å². The lowest BCUT2D eigenvalue weighted by Gasteiger charge is -2.24. The van der Waals surface area contributed by atoms with Crippen LogP contribution in [0.1, 0.15) is 40.5 Å². The average Bonchev–Trinajstić information content (AvgIpc) is 2.36. The first-order valence-corrected chi connectivity index (χ1v) is 7.18. The number of hydrogen-bond acceptors (Lipinski definition) is 3. The first-order chi connectivity index (χ1) is 8.88. The number of nitrogens with two attached hydrogens (primary N) is 1. The van der Waals surface area contributed by atoms with Gasteiger partial charge in [-0.2, -0.15) is 0 Å². The fourth-order valence-corrected chi connectivity index (χ4v) is 2.10. The molecule has 0 aromatic heterocycles. The van der Waals surface area contributed by atoms with E-state index in [9.17, 15) is 9.59 Å². The van der Waals surface area contributed by atoms with Crippen LogP contribution in [0.15, 0.2) is 0 Å². The van der Waals surface area contributed by atoms with E-state index in [1.165, 1.54) is 0 Å². The predicted octanol–water partition coefficient (Wildman–Crippen LogP) is 1.06. The summed E-state index contributed by atoms with van der Waals surface area (Å²) in [4.78, 5) is 25.9. The van der Waals surface area contributed by atoms with Crippen molar-refractivity contribution in [1.82, 2.24) is 10.2 Å². The molecule has 0 bridgehead atoms.